The molecule has 0 spiro atoms. The Morgan fingerprint density at radius 2 is 2.05 bits per heavy atom. The summed E-state index contributed by atoms with van der Waals surface area (Å²) in [6, 6.07) is 7.94. The number of Topliss-reactive ketones (excluding diaryl/α,β-unsaturated/α-hetero) is 1. The summed E-state index contributed by atoms with van der Waals surface area (Å²) in [5, 5.41) is 1.02. The van der Waals surface area contributed by atoms with E-state index in [0.717, 1.165) is 29.4 Å². The first-order valence-corrected chi connectivity index (χ1v) is 7.00. The molecule has 1 aromatic carbocycles. The van der Waals surface area contributed by atoms with Crippen molar-refractivity contribution in [2.75, 3.05) is 20.1 Å². The van der Waals surface area contributed by atoms with Gasteiger partial charge in [0.2, 0.25) is 0 Å². The molecule has 0 saturated heterocycles. The maximum atomic E-state index is 12.3. The lowest BCUT2D eigenvalue weighted by Gasteiger charge is -2.15. The number of para-hydroxylation sites is 1. The van der Waals surface area contributed by atoms with E-state index in [0.29, 0.717) is 6.54 Å². The molecule has 0 atom stereocenters. The lowest BCUT2D eigenvalue weighted by molar-refractivity contribution is 0.0947. The zero-order chi connectivity index (χ0) is 13.7. The highest BCUT2D eigenvalue weighted by molar-refractivity contribution is 6.08. The lowest BCUT2D eigenvalue weighted by Crippen LogP contribution is -2.26. The van der Waals surface area contributed by atoms with Crippen LogP contribution in [0.25, 0.3) is 10.9 Å². The van der Waals surface area contributed by atoms with E-state index in [9.17, 15) is 4.79 Å². The van der Waals surface area contributed by atoms with Gasteiger partial charge >= 0.3 is 0 Å². The summed E-state index contributed by atoms with van der Waals surface area (Å²) in [6.07, 6.45) is 5.43. The molecule has 3 heteroatoms. The largest absolute Gasteiger partial charge is 0.360 e. The van der Waals surface area contributed by atoms with Crippen LogP contribution >= 0.6 is 0 Å². The highest BCUT2D eigenvalue weighted by Gasteiger charge is 2.13. The fourth-order valence-electron chi connectivity index (χ4n) is 2.34. The summed E-state index contributed by atoms with van der Waals surface area (Å²) in [5.74, 6) is 0.191. The summed E-state index contributed by atoms with van der Waals surface area (Å²) in [7, 11) is 2.02. The Morgan fingerprint density at radius 3 is 2.84 bits per heavy atom. The Bertz CT molecular complexity index is 544. The van der Waals surface area contributed by atoms with Gasteiger partial charge in [0.05, 0.1) is 6.54 Å². The number of hydrogen-bond acceptors (Lipinski definition) is 2. The van der Waals surface area contributed by atoms with E-state index < -0.39 is 0 Å². The highest BCUT2D eigenvalue weighted by atomic mass is 16.1. The number of hydrogen-bond donors (Lipinski definition) is 1. The van der Waals surface area contributed by atoms with Crippen LogP contribution in [0.15, 0.2) is 30.5 Å². The van der Waals surface area contributed by atoms with E-state index in [4.69, 9.17) is 0 Å². The van der Waals surface area contributed by atoms with Crippen LogP contribution in [0, 0.1) is 0 Å². The average Bonchev–Trinajstić information content (AvgIpc) is 2.83. The Balaban J connectivity index is 2.00. The minimum Gasteiger partial charge on any atom is -0.360 e. The molecule has 0 aliphatic carbocycles. The molecular formula is C16H22N2O. The SMILES string of the molecule is CCCCCN(C)CC(=O)c1c[nH]c2ccccc12. The number of H-pyrrole nitrogens is 1. The standard InChI is InChI=1S/C16H22N2O/c1-3-4-7-10-18(2)12-16(19)14-11-17-15-9-6-5-8-13(14)15/h5-6,8-9,11,17H,3-4,7,10,12H2,1-2H3. The van der Waals surface area contributed by atoms with Gasteiger partial charge in [-0.1, -0.05) is 38.0 Å². The number of fused-ring (bicyclic) bond motifs is 1. The van der Waals surface area contributed by atoms with Gasteiger partial charge < -0.3 is 4.98 Å². The van der Waals surface area contributed by atoms with Crippen molar-refractivity contribution in [3.8, 4) is 0 Å². The number of carbonyl (C=O) groups is 1. The van der Waals surface area contributed by atoms with Crippen molar-refractivity contribution in [3.05, 3.63) is 36.0 Å². The summed E-state index contributed by atoms with van der Waals surface area (Å²) in [4.78, 5) is 17.6. The Labute approximate surface area is 114 Å². The van der Waals surface area contributed by atoms with Gasteiger partial charge in [0.15, 0.2) is 5.78 Å². The zero-order valence-electron chi connectivity index (χ0n) is 11.8. The predicted octanol–water partition coefficient (Wildman–Crippen LogP) is 3.47. The normalized spacial score (nSPS) is 11.3. The van der Waals surface area contributed by atoms with E-state index in [-0.39, 0.29) is 5.78 Å². The molecule has 2 rings (SSSR count). The minimum absolute atomic E-state index is 0.191. The number of nitrogens with one attached hydrogen (secondary N) is 1. The van der Waals surface area contributed by atoms with Crippen molar-refractivity contribution in [1.29, 1.82) is 0 Å². The first-order valence-electron chi connectivity index (χ1n) is 7.00. The van der Waals surface area contributed by atoms with Gasteiger partial charge in [-0.2, -0.15) is 0 Å². The van der Waals surface area contributed by atoms with Gasteiger partial charge in [0.25, 0.3) is 0 Å². The number of aromatic amines is 1. The molecule has 2 aromatic rings. The lowest BCUT2D eigenvalue weighted by atomic mass is 10.1. The molecule has 1 N–H and O–H groups in total. The Hall–Kier alpha value is -1.61. The van der Waals surface area contributed by atoms with Crippen LogP contribution in [-0.2, 0) is 0 Å². The monoisotopic (exact) mass is 258 g/mol. The average molecular weight is 258 g/mol. The summed E-state index contributed by atoms with van der Waals surface area (Å²) < 4.78 is 0. The molecule has 19 heavy (non-hydrogen) atoms. The van der Waals surface area contributed by atoms with Crippen LogP contribution in [0.4, 0.5) is 0 Å². The molecule has 0 aliphatic heterocycles. The smallest absolute Gasteiger partial charge is 0.178 e. The molecular weight excluding hydrogens is 236 g/mol. The van der Waals surface area contributed by atoms with E-state index in [1.165, 1.54) is 12.8 Å². The summed E-state index contributed by atoms with van der Waals surface area (Å²) in [6.45, 7) is 3.67. The van der Waals surface area contributed by atoms with Crippen LogP contribution in [-0.4, -0.2) is 35.8 Å². The van der Waals surface area contributed by atoms with Gasteiger partial charge in [-0.3, -0.25) is 9.69 Å². The van der Waals surface area contributed by atoms with Gasteiger partial charge in [-0.05, 0) is 26.1 Å². The number of ketones is 1. The quantitative estimate of drug-likeness (QED) is 0.609. The Morgan fingerprint density at radius 1 is 1.26 bits per heavy atom. The number of nitrogens with zero attached hydrogens (tertiary/aromatic N) is 1. The van der Waals surface area contributed by atoms with E-state index in [1.807, 2.05) is 37.5 Å². The van der Waals surface area contributed by atoms with E-state index in [2.05, 4.69) is 16.8 Å². The molecule has 1 aromatic heterocycles. The third-order valence-corrected chi connectivity index (χ3v) is 3.45. The van der Waals surface area contributed by atoms with Crippen molar-refractivity contribution < 1.29 is 4.79 Å². The number of benzene rings is 1. The van der Waals surface area contributed by atoms with E-state index >= 15 is 0 Å². The van der Waals surface area contributed by atoms with Crippen LogP contribution in [0.3, 0.4) is 0 Å². The second kappa shape index (κ2) is 6.53. The maximum absolute atomic E-state index is 12.3. The number of unbranched alkanes of at least 4 members (excludes halogenated alkanes) is 2. The van der Waals surface area contributed by atoms with Gasteiger partial charge in [-0.25, -0.2) is 0 Å². The molecule has 1 heterocycles. The molecule has 0 bridgehead atoms. The predicted molar refractivity (Wildman–Crippen MR) is 79.7 cm³/mol. The first-order chi connectivity index (χ1) is 9.22. The van der Waals surface area contributed by atoms with Crippen LogP contribution in [0.5, 0.6) is 0 Å². The number of rotatable bonds is 7. The van der Waals surface area contributed by atoms with Crippen molar-refractivity contribution in [1.82, 2.24) is 9.88 Å². The fraction of sp³-hybridized carbons (Fsp3) is 0.438. The van der Waals surface area contributed by atoms with Crippen LogP contribution < -0.4 is 0 Å². The molecule has 0 amide bonds. The molecule has 0 saturated carbocycles. The second-order valence-corrected chi connectivity index (χ2v) is 5.12. The minimum atomic E-state index is 0.191. The number of aromatic nitrogens is 1. The Kier molecular flexibility index (Phi) is 4.74. The topological polar surface area (TPSA) is 36.1 Å². The first kappa shape index (κ1) is 13.8. The second-order valence-electron chi connectivity index (χ2n) is 5.12. The van der Waals surface area contributed by atoms with Gasteiger partial charge in [-0.15, -0.1) is 0 Å². The van der Waals surface area contributed by atoms with Crippen LogP contribution in [0.1, 0.15) is 36.5 Å². The number of likely N-dealkylation sites (N-methyl/N-ethyl adjacent to an activating group) is 1. The summed E-state index contributed by atoms with van der Waals surface area (Å²) in [5.41, 5.74) is 1.83. The van der Waals surface area contributed by atoms with Gasteiger partial charge in [0.1, 0.15) is 0 Å². The van der Waals surface area contributed by atoms with Crippen molar-refractivity contribution in [2.24, 2.45) is 0 Å². The molecule has 0 fully saturated rings. The molecule has 0 radical (unpaired) electrons. The van der Waals surface area contributed by atoms with Crippen molar-refractivity contribution >= 4 is 16.7 Å². The van der Waals surface area contributed by atoms with Crippen molar-refractivity contribution in [3.63, 3.8) is 0 Å². The molecule has 0 aliphatic rings. The van der Waals surface area contributed by atoms with Crippen molar-refractivity contribution in [2.45, 2.75) is 26.2 Å². The third-order valence-electron chi connectivity index (χ3n) is 3.45. The zero-order valence-corrected chi connectivity index (χ0v) is 11.8. The number of carbonyl (C=O) groups excluding carboxylic acids is 1. The maximum Gasteiger partial charge on any atom is 0.178 e. The summed E-state index contributed by atoms with van der Waals surface area (Å²) >= 11 is 0. The van der Waals surface area contributed by atoms with E-state index in [1.54, 1.807) is 0 Å². The molecule has 3 nitrogen and oxygen atoms in total. The fourth-order valence-corrected chi connectivity index (χ4v) is 2.34. The third kappa shape index (κ3) is 3.44. The van der Waals surface area contributed by atoms with Crippen LogP contribution in [0.2, 0.25) is 0 Å². The van der Waals surface area contributed by atoms with Gasteiger partial charge in [0, 0.05) is 22.7 Å². The highest BCUT2D eigenvalue weighted by Crippen LogP contribution is 2.18. The molecule has 0 unspecified atom stereocenters. The molecule has 102 valence electrons.